The number of hydrazone groups is 1. The number of ether oxygens (including phenoxy) is 3. The average molecular weight is 498 g/mol. The highest BCUT2D eigenvalue weighted by atomic mass is 32.2. The van der Waals surface area contributed by atoms with Gasteiger partial charge in [0.25, 0.3) is 15.9 Å². The Morgan fingerprint density at radius 3 is 2.57 bits per heavy atom. The van der Waals surface area contributed by atoms with Crippen molar-refractivity contribution in [2.75, 3.05) is 39.5 Å². The Bertz CT molecular complexity index is 1320. The molecule has 1 saturated heterocycles. The first kappa shape index (κ1) is 24.5. The molecule has 1 aliphatic heterocycles. The molecule has 1 fully saturated rings. The van der Waals surface area contributed by atoms with Gasteiger partial charge in [0.05, 0.1) is 30.9 Å². The van der Waals surface area contributed by atoms with E-state index < -0.39 is 10.0 Å². The second-order valence-corrected chi connectivity index (χ2v) is 9.44. The van der Waals surface area contributed by atoms with Gasteiger partial charge in [-0.2, -0.15) is 13.5 Å². The van der Waals surface area contributed by atoms with Crippen LogP contribution in [0.15, 0.2) is 70.7 Å². The van der Waals surface area contributed by atoms with Crippen molar-refractivity contribution in [3.8, 4) is 11.5 Å². The van der Waals surface area contributed by atoms with Crippen molar-refractivity contribution in [1.82, 2.24) is 9.73 Å². The Labute approximate surface area is 204 Å². The largest absolute Gasteiger partial charge is 0.490 e. The summed E-state index contributed by atoms with van der Waals surface area (Å²) in [6, 6.07) is 17.4. The molecule has 0 aliphatic carbocycles. The van der Waals surface area contributed by atoms with Crippen molar-refractivity contribution in [3.63, 3.8) is 0 Å². The summed E-state index contributed by atoms with van der Waals surface area (Å²) in [7, 11) is -3.83. The smallest absolute Gasteiger partial charge is 0.276 e. The van der Waals surface area contributed by atoms with E-state index in [9.17, 15) is 13.2 Å². The van der Waals surface area contributed by atoms with Crippen LogP contribution in [0.25, 0.3) is 10.8 Å². The highest BCUT2D eigenvalue weighted by Gasteiger charge is 2.18. The first-order valence-corrected chi connectivity index (χ1v) is 12.7. The molecule has 0 atom stereocenters. The number of hydrogen-bond acceptors (Lipinski definition) is 7. The van der Waals surface area contributed by atoms with Crippen molar-refractivity contribution in [2.24, 2.45) is 5.10 Å². The van der Waals surface area contributed by atoms with Gasteiger partial charge in [0.15, 0.2) is 18.1 Å². The minimum Gasteiger partial charge on any atom is -0.490 e. The predicted molar refractivity (Wildman–Crippen MR) is 132 cm³/mol. The number of rotatable bonds is 9. The normalized spacial score (nSPS) is 14.3. The van der Waals surface area contributed by atoms with Crippen LogP contribution in [-0.4, -0.2) is 65.0 Å². The molecule has 0 saturated carbocycles. The van der Waals surface area contributed by atoms with Crippen LogP contribution in [0.2, 0.25) is 0 Å². The summed E-state index contributed by atoms with van der Waals surface area (Å²) in [5.74, 6) is 0.732. The Kier molecular flexibility index (Phi) is 7.84. The van der Waals surface area contributed by atoms with Gasteiger partial charge in [0.2, 0.25) is 0 Å². The quantitative estimate of drug-likeness (QED) is 0.360. The van der Waals surface area contributed by atoms with Crippen LogP contribution in [0, 0.1) is 0 Å². The van der Waals surface area contributed by atoms with Crippen molar-refractivity contribution in [3.05, 3.63) is 66.2 Å². The summed E-state index contributed by atoms with van der Waals surface area (Å²) in [4.78, 5) is 16.4. The monoisotopic (exact) mass is 497 g/mol. The Hall–Kier alpha value is -3.63. The number of carbonyl (C=O) groups is 1. The number of carbonyl (C=O) groups excluding carboxylic acids is 1. The number of amides is 1. The predicted octanol–water partition coefficient (Wildman–Crippen LogP) is 2.79. The van der Waals surface area contributed by atoms with E-state index in [0.29, 0.717) is 50.0 Å². The molecule has 0 unspecified atom stereocenters. The SMILES string of the molecule is CCOc1cc(/C=N/NS(=O)(=O)c2ccc3ccccc3c2)ccc1OCC(=O)N1CCOCC1. The molecule has 0 radical (unpaired) electrons. The van der Waals surface area contributed by atoms with Gasteiger partial charge in [0.1, 0.15) is 0 Å². The molecule has 4 rings (SSSR count). The van der Waals surface area contributed by atoms with Crippen LogP contribution in [-0.2, 0) is 19.6 Å². The van der Waals surface area contributed by atoms with Crippen LogP contribution >= 0.6 is 0 Å². The number of fused-ring (bicyclic) bond motifs is 1. The molecular weight excluding hydrogens is 470 g/mol. The number of sulfonamides is 1. The van der Waals surface area contributed by atoms with Crippen LogP contribution in [0.1, 0.15) is 12.5 Å². The van der Waals surface area contributed by atoms with Gasteiger partial charge in [-0.15, -0.1) is 0 Å². The molecule has 1 heterocycles. The second-order valence-electron chi connectivity index (χ2n) is 7.78. The van der Waals surface area contributed by atoms with Gasteiger partial charge in [-0.05, 0) is 53.6 Å². The summed E-state index contributed by atoms with van der Waals surface area (Å²) in [5.41, 5.74) is 0.599. The second kappa shape index (κ2) is 11.2. The standard InChI is InChI=1S/C25H27N3O6S/c1-2-33-24-15-19(7-10-23(24)34-18-25(29)28-11-13-32-14-12-28)17-26-27-35(30,31)22-9-8-20-5-3-4-6-21(20)16-22/h3-10,15-17,27H,2,11-14,18H2,1H3/b26-17+. The van der Waals surface area contributed by atoms with E-state index in [4.69, 9.17) is 14.2 Å². The van der Waals surface area contributed by atoms with Crippen LogP contribution < -0.4 is 14.3 Å². The maximum atomic E-state index is 12.7. The zero-order valence-electron chi connectivity index (χ0n) is 19.3. The van der Waals surface area contributed by atoms with Crippen LogP contribution in [0.3, 0.4) is 0 Å². The van der Waals surface area contributed by atoms with E-state index in [1.807, 2.05) is 31.2 Å². The van der Waals surface area contributed by atoms with E-state index in [-0.39, 0.29) is 17.4 Å². The molecule has 9 nitrogen and oxygen atoms in total. The molecule has 10 heteroatoms. The molecule has 3 aromatic carbocycles. The van der Waals surface area contributed by atoms with Gasteiger partial charge < -0.3 is 19.1 Å². The minimum absolute atomic E-state index is 0.112. The van der Waals surface area contributed by atoms with Crippen molar-refractivity contribution >= 4 is 32.9 Å². The minimum atomic E-state index is -3.83. The van der Waals surface area contributed by atoms with Crippen molar-refractivity contribution in [1.29, 1.82) is 0 Å². The third-order valence-electron chi connectivity index (χ3n) is 5.40. The number of nitrogens with zero attached hydrogens (tertiary/aromatic N) is 2. The zero-order valence-corrected chi connectivity index (χ0v) is 20.2. The summed E-state index contributed by atoms with van der Waals surface area (Å²) in [6.07, 6.45) is 1.38. The maximum absolute atomic E-state index is 12.7. The maximum Gasteiger partial charge on any atom is 0.276 e. The molecule has 1 N–H and O–H groups in total. The third-order valence-corrected chi connectivity index (χ3v) is 6.62. The molecule has 0 aromatic heterocycles. The van der Waals surface area contributed by atoms with Crippen molar-refractivity contribution < 1.29 is 27.4 Å². The highest BCUT2D eigenvalue weighted by molar-refractivity contribution is 7.89. The fourth-order valence-electron chi connectivity index (χ4n) is 3.59. The number of benzene rings is 3. The molecule has 35 heavy (non-hydrogen) atoms. The number of morpholine rings is 1. The Balaban J connectivity index is 1.41. The van der Waals surface area contributed by atoms with E-state index in [2.05, 4.69) is 9.93 Å². The zero-order chi connectivity index (χ0) is 24.7. The fraction of sp³-hybridized carbons (Fsp3) is 0.280. The van der Waals surface area contributed by atoms with Gasteiger partial charge in [0, 0.05) is 13.1 Å². The van der Waals surface area contributed by atoms with Gasteiger partial charge in [-0.1, -0.05) is 30.3 Å². The van der Waals surface area contributed by atoms with Gasteiger partial charge >= 0.3 is 0 Å². The topological polar surface area (TPSA) is 107 Å². The highest BCUT2D eigenvalue weighted by Crippen LogP contribution is 2.28. The van der Waals surface area contributed by atoms with E-state index in [1.54, 1.807) is 35.2 Å². The van der Waals surface area contributed by atoms with E-state index in [0.717, 1.165) is 10.8 Å². The van der Waals surface area contributed by atoms with Gasteiger partial charge in [-0.25, -0.2) is 4.83 Å². The number of hydrogen-bond donors (Lipinski definition) is 1. The van der Waals surface area contributed by atoms with E-state index in [1.165, 1.54) is 12.3 Å². The summed E-state index contributed by atoms with van der Waals surface area (Å²) >= 11 is 0. The van der Waals surface area contributed by atoms with E-state index >= 15 is 0 Å². The molecule has 0 spiro atoms. The summed E-state index contributed by atoms with van der Waals surface area (Å²) in [5, 5.41) is 5.68. The molecule has 184 valence electrons. The van der Waals surface area contributed by atoms with Crippen LogP contribution in [0.5, 0.6) is 11.5 Å². The molecule has 1 amide bonds. The third kappa shape index (κ3) is 6.28. The lowest BCUT2D eigenvalue weighted by Gasteiger charge is -2.26. The molecular formula is C25H27N3O6S. The summed E-state index contributed by atoms with van der Waals surface area (Å²) in [6.45, 7) is 4.25. The lowest BCUT2D eigenvalue weighted by molar-refractivity contribution is -0.137. The van der Waals surface area contributed by atoms with Gasteiger partial charge in [-0.3, -0.25) is 4.79 Å². The lowest BCUT2D eigenvalue weighted by Crippen LogP contribution is -2.43. The average Bonchev–Trinajstić information content (AvgIpc) is 2.88. The molecule has 1 aliphatic rings. The van der Waals surface area contributed by atoms with Crippen LogP contribution in [0.4, 0.5) is 0 Å². The molecule has 3 aromatic rings. The Morgan fingerprint density at radius 2 is 1.80 bits per heavy atom. The van der Waals surface area contributed by atoms with Crippen molar-refractivity contribution in [2.45, 2.75) is 11.8 Å². The number of nitrogens with one attached hydrogen (secondary N) is 1. The first-order valence-electron chi connectivity index (χ1n) is 11.2. The first-order chi connectivity index (χ1) is 17.0. The fourth-order valence-corrected chi connectivity index (χ4v) is 4.42. The molecule has 0 bridgehead atoms. The Morgan fingerprint density at radius 1 is 1.03 bits per heavy atom. The summed E-state index contributed by atoms with van der Waals surface area (Å²) < 4.78 is 41.9. The lowest BCUT2D eigenvalue weighted by atomic mass is 10.1.